The van der Waals surface area contributed by atoms with E-state index in [4.69, 9.17) is 40.0 Å². The molecule has 7 rings (SSSR count). The number of ether oxygens (including phenoxy) is 6. The highest BCUT2D eigenvalue weighted by Gasteiger charge is 2.71. The van der Waals surface area contributed by atoms with Crippen LogP contribution in [0.5, 0.6) is 5.75 Å². The lowest BCUT2D eigenvalue weighted by molar-refractivity contribution is -0.359. The van der Waals surface area contributed by atoms with E-state index >= 15 is 0 Å². The standard InChI is InChI=1S/C44H42ClF3O7/c1-30(49)42-28-54-44(55-42,36-19-22-38(45)35(24-36)23-31-17-20-37(21-18-31)53-29-43(46,47)48)41(52-27-34-15-9-4-10-16-34)39(50-25-32-11-5-2-6-12-32)40(42)51-26-33-13-7-3-8-14-33/h2-22,24,30,39-41,49H,23,25-29H2,1H3/t30?,39-,40-,41+,42+,44-/m0/s1. The van der Waals surface area contributed by atoms with E-state index in [9.17, 15) is 18.3 Å². The van der Waals surface area contributed by atoms with Gasteiger partial charge in [-0.05, 0) is 65.4 Å². The summed E-state index contributed by atoms with van der Waals surface area (Å²) in [7, 11) is 0. The average molecular weight is 775 g/mol. The Bertz CT molecular complexity index is 1980. The molecule has 2 heterocycles. The van der Waals surface area contributed by atoms with Crippen molar-refractivity contribution in [2.75, 3.05) is 13.2 Å². The van der Waals surface area contributed by atoms with Crippen LogP contribution in [0.3, 0.4) is 0 Å². The third kappa shape index (κ3) is 8.92. The van der Waals surface area contributed by atoms with Crippen LogP contribution in [0.15, 0.2) is 133 Å². The second kappa shape index (κ2) is 16.9. The van der Waals surface area contributed by atoms with Crippen molar-refractivity contribution in [3.63, 3.8) is 0 Å². The van der Waals surface area contributed by atoms with Crippen LogP contribution in [0, 0.1) is 0 Å². The van der Waals surface area contributed by atoms with Crippen molar-refractivity contribution in [2.24, 2.45) is 0 Å². The topological polar surface area (TPSA) is 75.6 Å². The van der Waals surface area contributed by atoms with Gasteiger partial charge >= 0.3 is 6.18 Å². The molecule has 0 aliphatic carbocycles. The van der Waals surface area contributed by atoms with Crippen LogP contribution < -0.4 is 4.74 Å². The normalized spacial score (nSPS) is 24.1. The third-order valence-electron chi connectivity index (χ3n) is 10.0. The fourth-order valence-corrected chi connectivity index (χ4v) is 7.35. The van der Waals surface area contributed by atoms with Crippen LogP contribution in [-0.4, -0.2) is 54.5 Å². The SMILES string of the molecule is CC(O)[C@@]12CO[C@@](c3ccc(Cl)c(Cc4ccc(OCC(F)(F)F)cc4)c3)(O1)[C@H](OCc1ccccc1)[C@@H](OCc1ccccc1)[C@@H]2OCc1ccccc1. The Morgan fingerprint density at radius 3 is 1.82 bits per heavy atom. The van der Waals surface area contributed by atoms with Gasteiger partial charge in [0, 0.05) is 10.6 Å². The largest absolute Gasteiger partial charge is 0.484 e. The van der Waals surface area contributed by atoms with Crippen molar-refractivity contribution >= 4 is 11.6 Å². The van der Waals surface area contributed by atoms with Crippen molar-refractivity contribution in [3.05, 3.63) is 172 Å². The van der Waals surface area contributed by atoms with Gasteiger partial charge in [0.25, 0.3) is 0 Å². The first-order chi connectivity index (χ1) is 26.5. The highest BCUT2D eigenvalue weighted by Crippen LogP contribution is 2.54. The van der Waals surface area contributed by atoms with Crippen LogP contribution in [0.1, 0.15) is 40.3 Å². The number of halogens is 4. The quantitative estimate of drug-likeness (QED) is 0.114. The molecule has 6 atom stereocenters. The lowest BCUT2D eigenvalue weighted by Crippen LogP contribution is -2.69. The maximum atomic E-state index is 12.7. The van der Waals surface area contributed by atoms with Gasteiger partial charge in [0.15, 0.2) is 6.61 Å². The zero-order chi connectivity index (χ0) is 38.5. The van der Waals surface area contributed by atoms with Crippen molar-refractivity contribution in [1.82, 2.24) is 0 Å². The maximum absolute atomic E-state index is 12.7. The van der Waals surface area contributed by atoms with Crippen LogP contribution >= 0.6 is 11.6 Å². The zero-order valence-electron chi connectivity index (χ0n) is 30.2. The Balaban J connectivity index is 1.27. The maximum Gasteiger partial charge on any atom is 0.422 e. The fourth-order valence-electron chi connectivity index (χ4n) is 7.16. The number of alkyl halides is 3. The number of aliphatic hydroxyl groups is 1. The van der Waals surface area contributed by atoms with E-state index in [1.54, 1.807) is 25.1 Å². The number of rotatable bonds is 15. The second-order valence-corrected chi connectivity index (χ2v) is 14.3. The molecule has 7 nitrogen and oxygen atoms in total. The first-order valence-electron chi connectivity index (χ1n) is 18.1. The monoisotopic (exact) mass is 774 g/mol. The summed E-state index contributed by atoms with van der Waals surface area (Å²) in [5.74, 6) is -1.47. The van der Waals surface area contributed by atoms with Gasteiger partial charge in [-0.3, -0.25) is 0 Å². The molecule has 11 heteroatoms. The molecule has 2 bridgehead atoms. The number of hydrogen-bond donors (Lipinski definition) is 1. The second-order valence-electron chi connectivity index (χ2n) is 13.9. The number of benzene rings is 5. The Morgan fingerprint density at radius 2 is 1.27 bits per heavy atom. The van der Waals surface area contributed by atoms with E-state index in [1.165, 1.54) is 12.1 Å². The molecular formula is C44H42ClF3O7. The summed E-state index contributed by atoms with van der Waals surface area (Å²) in [6.07, 6.45) is -7.71. The molecule has 0 amide bonds. The van der Waals surface area contributed by atoms with Gasteiger partial charge in [-0.1, -0.05) is 121 Å². The molecule has 1 N–H and O–H groups in total. The molecular weight excluding hydrogens is 733 g/mol. The van der Waals surface area contributed by atoms with Crippen LogP contribution in [0.25, 0.3) is 0 Å². The molecule has 5 aromatic rings. The zero-order valence-corrected chi connectivity index (χ0v) is 30.9. The first kappa shape index (κ1) is 39.0. The molecule has 2 aliphatic heterocycles. The Labute approximate surface area is 323 Å². The highest BCUT2D eigenvalue weighted by atomic mass is 35.5. The summed E-state index contributed by atoms with van der Waals surface area (Å²) < 4.78 is 77.3. The Morgan fingerprint density at radius 1 is 0.727 bits per heavy atom. The Kier molecular flexibility index (Phi) is 11.9. The molecule has 2 fully saturated rings. The van der Waals surface area contributed by atoms with Crippen LogP contribution in [0.2, 0.25) is 5.02 Å². The van der Waals surface area contributed by atoms with Gasteiger partial charge in [0.1, 0.15) is 29.7 Å². The number of hydrogen-bond acceptors (Lipinski definition) is 7. The van der Waals surface area contributed by atoms with E-state index in [1.807, 2.05) is 103 Å². The van der Waals surface area contributed by atoms with Crippen LogP contribution in [-0.2, 0) is 55.7 Å². The summed E-state index contributed by atoms with van der Waals surface area (Å²) in [4.78, 5) is 0. The minimum Gasteiger partial charge on any atom is -0.484 e. The number of aliphatic hydroxyl groups excluding tert-OH is 1. The third-order valence-corrected chi connectivity index (χ3v) is 10.4. The lowest BCUT2D eigenvalue weighted by atomic mass is 9.80. The van der Waals surface area contributed by atoms with Gasteiger partial charge in [-0.2, -0.15) is 13.2 Å². The predicted molar refractivity (Wildman–Crippen MR) is 200 cm³/mol. The fraction of sp³-hybridized carbons (Fsp3) is 0.318. The average Bonchev–Trinajstić information content (AvgIpc) is 3.56. The summed E-state index contributed by atoms with van der Waals surface area (Å²) in [5, 5.41) is 12.1. The molecule has 55 heavy (non-hydrogen) atoms. The summed E-state index contributed by atoms with van der Waals surface area (Å²) in [6, 6.07) is 41.1. The van der Waals surface area contributed by atoms with Gasteiger partial charge < -0.3 is 33.5 Å². The summed E-state index contributed by atoms with van der Waals surface area (Å²) in [6.45, 7) is 0.894. The van der Waals surface area contributed by atoms with E-state index in [2.05, 4.69) is 0 Å². The van der Waals surface area contributed by atoms with Crippen molar-refractivity contribution < 1.29 is 46.7 Å². The van der Waals surface area contributed by atoms with E-state index < -0.39 is 48.6 Å². The van der Waals surface area contributed by atoms with Gasteiger partial charge in [0.2, 0.25) is 5.79 Å². The first-order valence-corrected chi connectivity index (χ1v) is 18.5. The molecule has 1 unspecified atom stereocenters. The smallest absolute Gasteiger partial charge is 0.422 e. The van der Waals surface area contributed by atoms with E-state index in [0.29, 0.717) is 22.6 Å². The van der Waals surface area contributed by atoms with E-state index in [0.717, 1.165) is 22.3 Å². The molecule has 5 aromatic carbocycles. The van der Waals surface area contributed by atoms with Gasteiger partial charge in [0.05, 0.1) is 32.5 Å². The van der Waals surface area contributed by atoms with Crippen LogP contribution in [0.4, 0.5) is 13.2 Å². The molecule has 2 saturated heterocycles. The van der Waals surface area contributed by atoms with E-state index in [-0.39, 0.29) is 32.2 Å². The number of fused-ring (bicyclic) bond motifs is 2. The highest BCUT2D eigenvalue weighted by molar-refractivity contribution is 6.31. The molecule has 2 aliphatic rings. The summed E-state index contributed by atoms with van der Waals surface area (Å²) in [5.41, 5.74) is 3.53. The molecule has 0 spiro atoms. The molecule has 0 radical (unpaired) electrons. The minimum atomic E-state index is -4.44. The molecule has 0 aromatic heterocycles. The van der Waals surface area contributed by atoms with Crippen molar-refractivity contribution in [1.29, 1.82) is 0 Å². The molecule has 288 valence electrons. The van der Waals surface area contributed by atoms with Crippen molar-refractivity contribution in [3.8, 4) is 5.75 Å². The summed E-state index contributed by atoms with van der Waals surface area (Å²) >= 11 is 6.79. The predicted octanol–water partition coefficient (Wildman–Crippen LogP) is 8.96. The van der Waals surface area contributed by atoms with Crippen molar-refractivity contribution in [2.45, 2.75) is 75.1 Å². The van der Waals surface area contributed by atoms with Gasteiger partial charge in [-0.25, -0.2) is 0 Å². The van der Waals surface area contributed by atoms with Gasteiger partial charge in [-0.15, -0.1) is 0 Å². The Hall–Kier alpha value is -4.26. The molecule has 0 saturated carbocycles. The minimum absolute atomic E-state index is 0.0299. The lowest BCUT2D eigenvalue weighted by Gasteiger charge is -2.52.